The van der Waals surface area contributed by atoms with Gasteiger partial charge < -0.3 is 10.4 Å². The molecular formula is C53H48FN4OPt-. The van der Waals surface area contributed by atoms with E-state index in [-0.39, 0.29) is 37.6 Å². The van der Waals surface area contributed by atoms with Gasteiger partial charge in [0.05, 0.1) is 22.3 Å². The molecule has 0 aliphatic rings. The van der Waals surface area contributed by atoms with E-state index < -0.39 is 5.82 Å². The number of aromatic hydroxyl groups is 1. The van der Waals surface area contributed by atoms with Gasteiger partial charge in [0.1, 0.15) is 17.4 Å². The number of nitrogens with one attached hydrogen (secondary N) is 1. The number of benzene rings is 6. The monoisotopic (exact) mass is 970 g/mol. The molecule has 0 saturated carbocycles. The summed E-state index contributed by atoms with van der Waals surface area (Å²) < 4.78 is 17.1. The van der Waals surface area contributed by atoms with Gasteiger partial charge in [0, 0.05) is 50.4 Å². The van der Waals surface area contributed by atoms with Crippen LogP contribution in [0.15, 0.2) is 152 Å². The fourth-order valence-corrected chi connectivity index (χ4v) is 7.39. The zero-order chi connectivity index (χ0) is 41.5. The molecule has 0 saturated heterocycles. The molecule has 2 N–H and O–H groups in total. The minimum atomic E-state index is -0.463. The SMILES string of the molecule is C/C(=C/Nc1ccccc1)c1ccnc(-c2[c-]c(-c3cccc4c3nc(-c3cc(F)ccc3O)n4-c3ccc(C(C)(C)C)cc3-c3ccccc3)cc(C(C)(C)C)c2)c1.[Pt]. The van der Waals surface area contributed by atoms with Gasteiger partial charge in [-0.15, -0.1) is 29.3 Å². The molecule has 0 aliphatic heterocycles. The normalized spacial score (nSPS) is 12.0. The van der Waals surface area contributed by atoms with Gasteiger partial charge in [0.2, 0.25) is 0 Å². The quantitative estimate of drug-likeness (QED) is 0.149. The van der Waals surface area contributed by atoms with Crippen molar-refractivity contribution in [2.24, 2.45) is 0 Å². The van der Waals surface area contributed by atoms with Crippen molar-refractivity contribution in [1.82, 2.24) is 14.5 Å². The maximum atomic E-state index is 15.1. The second-order valence-electron chi connectivity index (χ2n) is 17.2. The van der Waals surface area contributed by atoms with Gasteiger partial charge in [-0.1, -0.05) is 125 Å². The first-order chi connectivity index (χ1) is 28.2. The number of phenols is 1. The fraction of sp³-hybridized carbons (Fsp3) is 0.170. The van der Waals surface area contributed by atoms with E-state index in [0.717, 1.165) is 67.1 Å². The Morgan fingerprint density at radius 1 is 0.700 bits per heavy atom. The van der Waals surface area contributed by atoms with Gasteiger partial charge in [-0.05, 0) is 94.6 Å². The third-order valence-electron chi connectivity index (χ3n) is 10.8. The van der Waals surface area contributed by atoms with Crippen molar-refractivity contribution < 1.29 is 30.6 Å². The van der Waals surface area contributed by atoms with Gasteiger partial charge in [-0.25, -0.2) is 9.37 Å². The van der Waals surface area contributed by atoms with Crippen LogP contribution in [0.1, 0.15) is 65.2 Å². The van der Waals surface area contributed by atoms with E-state index in [2.05, 4.69) is 119 Å². The smallest absolute Gasteiger partial charge is 0.148 e. The molecular weight excluding hydrogens is 923 g/mol. The predicted molar refractivity (Wildman–Crippen MR) is 242 cm³/mol. The summed E-state index contributed by atoms with van der Waals surface area (Å²) in [4.78, 5) is 10.2. The summed E-state index contributed by atoms with van der Waals surface area (Å²) in [6.07, 6.45) is 3.86. The second-order valence-corrected chi connectivity index (χ2v) is 17.2. The van der Waals surface area contributed by atoms with Crippen LogP contribution in [0.2, 0.25) is 0 Å². The summed E-state index contributed by atoms with van der Waals surface area (Å²) in [6.45, 7) is 15.3. The number of halogens is 1. The Morgan fingerprint density at radius 3 is 2.12 bits per heavy atom. The largest absolute Gasteiger partial charge is 0.507 e. The minimum absolute atomic E-state index is 0. The predicted octanol–water partition coefficient (Wildman–Crippen LogP) is 13.8. The number of imidazole rings is 1. The molecule has 5 nitrogen and oxygen atoms in total. The molecule has 2 aromatic heterocycles. The van der Waals surface area contributed by atoms with E-state index in [0.29, 0.717) is 16.9 Å². The van der Waals surface area contributed by atoms with Crippen molar-refractivity contribution in [1.29, 1.82) is 0 Å². The van der Waals surface area contributed by atoms with Crippen molar-refractivity contribution in [3.8, 4) is 56.3 Å². The zero-order valence-electron chi connectivity index (χ0n) is 34.9. The van der Waals surface area contributed by atoms with Crippen LogP contribution in [0, 0.1) is 11.9 Å². The Kier molecular flexibility index (Phi) is 11.8. The Hall–Kier alpha value is -6.10. The van der Waals surface area contributed by atoms with E-state index in [1.807, 2.05) is 79.1 Å². The number of hydrogen-bond donors (Lipinski definition) is 2. The van der Waals surface area contributed by atoms with Gasteiger partial charge in [0.15, 0.2) is 0 Å². The number of para-hydroxylation sites is 2. The number of nitrogens with zero attached hydrogens (tertiary/aromatic N) is 3. The maximum absolute atomic E-state index is 15.1. The molecule has 2 heterocycles. The van der Waals surface area contributed by atoms with E-state index in [1.165, 1.54) is 23.8 Å². The second kappa shape index (κ2) is 16.9. The fourth-order valence-electron chi connectivity index (χ4n) is 7.39. The summed E-state index contributed by atoms with van der Waals surface area (Å²) >= 11 is 0. The van der Waals surface area contributed by atoms with Gasteiger partial charge >= 0.3 is 0 Å². The molecule has 0 unspecified atom stereocenters. The maximum Gasteiger partial charge on any atom is 0.148 e. The van der Waals surface area contributed by atoms with Crippen LogP contribution in [-0.2, 0) is 31.9 Å². The number of fused-ring (bicyclic) bond motifs is 1. The van der Waals surface area contributed by atoms with Gasteiger partial charge in [-0.3, -0.25) is 9.55 Å². The molecule has 0 spiro atoms. The third-order valence-corrected chi connectivity index (χ3v) is 10.8. The molecule has 60 heavy (non-hydrogen) atoms. The van der Waals surface area contributed by atoms with Crippen LogP contribution < -0.4 is 5.32 Å². The van der Waals surface area contributed by atoms with E-state index in [9.17, 15) is 5.11 Å². The molecule has 8 aromatic rings. The molecule has 0 aliphatic carbocycles. The standard InChI is InChI=1S/C53H48FN4O.Pt/c1-34(33-56-42-17-12-9-13-18-42)36-25-26-55-46(30-36)38-27-37(28-40(29-38)53(5,6)7)43-19-14-20-48-50(43)57-51(45-32-41(54)22-24-49(45)59)58(48)47-23-21-39(52(2,3)4)31-44(47)35-15-10-8-11-16-35;/h8-26,28-33,56,59H,1-7H3;/q-1;/b34-33-;. The summed E-state index contributed by atoms with van der Waals surface area (Å²) in [6, 6.07) is 49.2. The molecule has 6 aromatic carbocycles. The third kappa shape index (κ3) is 8.62. The van der Waals surface area contributed by atoms with Crippen molar-refractivity contribution in [3.63, 3.8) is 0 Å². The first-order valence-corrected chi connectivity index (χ1v) is 20.0. The number of aromatic nitrogens is 3. The van der Waals surface area contributed by atoms with Crippen LogP contribution in [-0.4, -0.2) is 19.6 Å². The van der Waals surface area contributed by atoms with Crippen molar-refractivity contribution in [2.75, 3.05) is 5.32 Å². The summed E-state index contributed by atoms with van der Waals surface area (Å²) in [5.74, 6) is -0.0949. The van der Waals surface area contributed by atoms with Gasteiger partial charge in [0.25, 0.3) is 0 Å². The van der Waals surface area contributed by atoms with Crippen molar-refractivity contribution in [3.05, 3.63) is 180 Å². The number of phenolic OH excluding ortho intramolecular Hbond substituents is 1. The summed E-state index contributed by atoms with van der Waals surface area (Å²) in [5.41, 5.74) is 13.2. The summed E-state index contributed by atoms with van der Waals surface area (Å²) in [7, 11) is 0. The number of anilines is 1. The number of pyridine rings is 1. The average Bonchev–Trinajstić information content (AvgIpc) is 3.63. The van der Waals surface area contributed by atoms with Crippen LogP contribution in [0.4, 0.5) is 10.1 Å². The first-order valence-electron chi connectivity index (χ1n) is 20.0. The van der Waals surface area contributed by atoms with Crippen LogP contribution >= 0.6 is 0 Å². The molecule has 0 fully saturated rings. The summed E-state index contributed by atoms with van der Waals surface area (Å²) in [5, 5.41) is 14.7. The molecule has 8 rings (SSSR count). The van der Waals surface area contributed by atoms with Gasteiger partial charge in [-0.2, -0.15) is 0 Å². The average molecular weight is 971 g/mol. The molecule has 0 atom stereocenters. The van der Waals surface area contributed by atoms with E-state index in [1.54, 1.807) is 0 Å². The first kappa shape index (κ1) is 42.0. The minimum Gasteiger partial charge on any atom is -0.507 e. The Bertz CT molecular complexity index is 2850. The topological polar surface area (TPSA) is 63.0 Å². The Labute approximate surface area is 367 Å². The number of rotatable bonds is 8. The molecule has 0 radical (unpaired) electrons. The van der Waals surface area contributed by atoms with Crippen molar-refractivity contribution >= 4 is 22.3 Å². The Balaban J connectivity index is 0.00000544. The molecule has 0 bridgehead atoms. The number of allylic oxidation sites excluding steroid dienone is 1. The molecule has 0 amide bonds. The van der Waals surface area contributed by atoms with Crippen LogP contribution in [0.25, 0.3) is 67.2 Å². The van der Waals surface area contributed by atoms with Crippen LogP contribution in [0.5, 0.6) is 5.75 Å². The van der Waals surface area contributed by atoms with Crippen LogP contribution in [0.3, 0.4) is 0 Å². The molecule has 304 valence electrons. The van der Waals surface area contributed by atoms with Crippen molar-refractivity contribution in [2.45, 2.75) is 59.3 Å². The van der Waals surface area contributed by atoms with E-state index >= 15 is 4.39 Å². The zero-order valence-corrected chi connectivity index (χ0v) is 37.2. The Morgan fingerprint density at radius 2 is 1.40 bits per heavy atom. The number of hydrogen-bond acceptors (Lipinski definition) is 4. The van der Waals surface area contributed by atoms with E-state index in [4.69, 9.17) is 9.97 Å². The molecule has 7 heteroatoms.